The lowest BCUT2D eigenvalue weighted by atomic mass is 10.1. The molecular weight excluding hydrogens is 406 g/mol. The molecule has 30 heavy (non-hydrogen) atoms. The van der Waals surface area contributed by atoms with Crippen LogP contribution in [0.2, 0.25) is 5.02 Å². The van der Waals surface area contributed by atoms with E-state index in [9.17, 15) is 20.2 Å². The number of aryl methyl sites for hydroxylation is 2. The summed E-state index contributed by atoms with van der Waals surface area (Å²) < 4.78 is 5.66. The predicted octanol–water partition coefficient (Wildman–Crippen LogP) is 5.67. The van der Waals surface area contributed by atoms with Gasteiger partial charge in [0.1, 0.15) is 23.2 Å². The Kier molecular flexibility index (Phi) is 6.00. The van der Waals surface area contributed by atoms with Crippen molar-refractivity contribution in [2.24, 2.45) is 0 Å². The van der Waals surface area contributed by atoms with Crippen LogP contribution in [0, 0.1) is 35.3 Å². The number of non-ortho nitro benzene ring substituents is 1. The molecule has 0 unspecified atom stereocenters. The molecule has 0 saturated heterocycles. The number of hydrogen-bond donors (Lipinski definition) is 1. The minimum atomic E-state index is -0.559. The van der Waals surface area contributed by atoms with Gasteiger partial charge in [-0.3, -0.25) is 14.9 Å². The number of carbonyl (C=O) groups is 1. The highest BCUT2D eigenvalue weighted by atomic mass is 35.5. The smallest absolute Gasteiger partial charge is 0.270 e. The first kappa shape index (κ1) is 20.8. The molecule has 150 valence electrons. The number of nitro benzene ring substituents is 1. The molecule has 3 aromatic rings. The van der Waals surface area contributed by atoms with Crippen LogP contribution in [0.3, 0.4) is 0 Å². The minimum Gasteiger partial charge on any atom is -0.457 e. The number of nitrogens with one attached hydrogen (secondary N) is 1. The molecule has 1 heterocycles. The number of nitrogens with zero attached hydrogens (tertiary/aromatic N) is 2. The summed E-state index contributed by atoms with van der Waals surface area (Å²) in [6.45, 7) is 3.82. The number of anilines is 1. The van der Waals surface area contributed by atoms with Gasteiger partial charge >= 0.3 is 0 Å². The lowest BCUT2D eigenvalue weighted by molar-refractivity contribution is -0.384. The second-order valence-electron chi connectivity index (χ2n) is 6.57. The summed E-state index contributed by atoms with van der Waals surface area (Å²) in [4.78, 5) is 22.8. The molecule has 0 aliphatic heterocycles. The van der Waals surface area contributed by atoms with Gasteiger partial charge in [0.25, 0.3) is 11.6 Å². The van der Waals surface area contributed by atoms with E-state index >= 15 is 0 Å². The maximum absolute atomic E-state index is 12.5. The number of halogens is 1. The van der Waals surface area contributed by atoms with Crippen LogP contribution >= 0.6 is 11.6 Å². The average molecular weight is 422 g/mol. The first-order valence-electron chi connectivity index (χ1n) is 8.83. The average Bonchev–Trinajstić information content (AvgIpc) is 3.16. The van der Waals surface area contributed by atoms with Crippen molar-refractivity contribution in [3.05, 3.63) is 86.1 Å². The van der Waals surface area contributed by atoms with Crippen LogP contribution in [-0.4, -0.2) is 10.8 Å². The molecule has 3 rings (SSSR count). The maximum atomic E-state index is 12.5. The van der Waals surface area contributed by atoms with E-state index in [2.05, 4.69) is 5.32 Å². The minimum absolute atomic E-state index is 0.134. The molecule has 0 aliphatic carbocycles. The van der Waals surface area contributed by atoms with Gasteiger partial charge in [-0.05, 0) is 43.7 Å². The van der Waals surface area contributed by atoms with E-state index in [1.165, 1.54) is 24.3 Å². The highest BCUT2D eigenvalue weighted by molar-refractivity contribution is 6.33. The van der Waals surface area contributed by atoms with E-state index in [-0.39, 0.29) is 22.0 Å². The summed E-state index contributed by atoms with van der Waals surface area (Å²) in [6, 6.07) is 14.6. The van der Waals surface area contributed by atoms with E-state index in [4.69, 9.17) is 16.0 Å². The number of nitriles is 1. The lowest BCUT2D eigenvalue weighted by Crippen LogP contribution is -2.14. The summed E-state index contributed by atoms with van der Waals surface area (Å²) in [7, 11) is 0. The molecule has 0 saturated carbocycles. The van der Waals surface area contributed by atoms with Crippen molar-refractivity contribution in [1.82, 2.24) is 0 Å². The van der Waals surface area contributed by atoms with Crippen LogP contribution in [0.1, 0.15) is 16.9 Å². The first-order valence-corrected chi connectivity index (χ1v) is 9.21. The molecule has 0 aliphatic rings. The largest absolute Gasteiger partial charge is 0.457 e. The Hall–Kier alpha value is -3.89. The van der Waals surface area contributed by atoms with E-state index in [0.717, 1.165) is 11.1 Å². The zero-order chi connectivity index (χ0) is 21.8. The maximum Gasteiger partial charge on any atom is 0.270 e. The second kappa shape index (κ2) is 8.64. The van der Waals surface area contributed by atoms with Crippen LogP contribution < -0.4 is 5.32 Å². The molecule has 0 atom stereocenters. The van der Waals surface area contributed by atoms with Crippen LogP contribution in [0.15, 0.2) is 58.5 Å². The third-order valence-corrected chi connectivity index (χ3v) is 4.65. The number of furan rings is 1. The van der Waals surface area contributed by atoms with E-state index in [0.29, 0.717) is 17.0 Å². The number of amides is 1. The number of hydrogen-bond acceptors (Lipinski definition) is 5. The second-order valence-corrected chi connectivity index (χ2v) is 6.97. The van der Waals surface area contributed by atoms with Gasteiger partial charge in [-0.15, -0.1) is 0 Å². The summed E-state index contributed by atoms with van der Waals surface area (Å²) in [5.74, 6) is 0.0655. The Balaban J connectivity index is 1.84. The SMILES string of the molecule is Cc1ccc(NC(=O)/C(C#N)=C/c2ccc(-c3ccc([N+](=O)[O-])cc3Cl)o2)c(C)c1. The third-order valence-electron chi connectivity index (χ3n) is 4.34. The van der Waals surface area contributed by atoms with E-state index in [1.54, 1.807) is 18.2 Å². The Morgan fingerprint density at radius 1 is 1.20 bits per heavy atom. The fraction of sp³-hybridized carbons (Fsp3) is 0.0909. The fourth-order valence-electron chi connectivity index (χ4n) is 2.83. The number of rotatable bonds is 5. The Labute approximate surface area is 177 Å². The molecule has 7 nitrogen and oxygen atoms in total. The molecule has 1 amide bonds. The highest BCUT2D eigenvalue weighted by Gasteiger charge is 2.15. The molecule has 1 N–H and O–H groups in total. The molecular formula is C22H16ClN3O4. The Morgan fingerprint density at radius 2 is 1.97 bits per heavy atom. The van der Waals surface area contributed by atoms with Crippen molar-refractivity contribution >= 4 is 35.0 Å². The zero-order valence-electron chi connectivity index (χ0n) is 16.1. The number of nitro groups is 1. The van der Waals surface area contributed by atoms with Gasteiger partial charge in [0.2, 0.25) is 0 Å². The van der Waals surface area contributed by atoms with Crippen molar-refractivity contribution in [2.45, 2.75) is 13.8 Å². The van der Waals surface area contributed by atoms with Crippen molar-refractivity contribution in [3.63, 3.8) is 0 Å². The van der Waals surface area contributed by atoms with Gasteiger partial charge in [0.05, 0.1) is 9.95 Å². The third kappa shape index (κ3) is 4.57. The van der Waals surface area contributed by atoms with Crippen LogP contribution in [0.5, 0.6) is 0 Å². The van der Waals surface area contributed by atoms with Gasteiger partial charge in [-0.25, -0.2) is 0 Å². The van der Waals surface area contributed by atoms with Gasteiger partial charge < -0.3 is 9.73 Å². The first-order chi connectivity index (χ1) is 14.3. The molecule has 2 aromatic carbocycles. The van der Waals surface area contributed by atoms with Crippen LogP contribution in [0.25, 0.3) is 17.4 Å². The lowest BCUT2D eigenvalue weighted by Gasteiger charge is -2.08. The molecule has 0 spiro atoms. The standard InChI is InChI=1S/C22H16ClN3O4/c1-13-3-7-20(14(2)9-13)25-22(27)15(12-24)10-17-5-8-21(30-17)18-6-4-16(26(28)29)11-19(18)23/h3-11H,1-2H3,(H,25,27)/b15-10+. The summed E-state index contributed by atoms with van der Waals surface area (Å²) in [6.07, 6.45) is 1.32. The Morgan fingerprint density at radius 3 is 2.60 bits per heavy atom. The monoisotopic (exact) mass is 421 g/mol. The topological polar surface area (TPSA) is 109 Å². The van der Waals surface area contributed by atoms with Gasteiger partial charge in [-0.2, -0.15) is 5.26 Å². The van der Waals surface area contributed by atoms with Gasteiger partial charge in [-0.1, -0.05) is 29.3 Å². The molecule has 0 radical (unpaired) electrons. The van der Waals surface area contributed by atoms with E-state index < -0.39 is 10.8 Å². The fourth-order valence-corrected chi connectivity index (χ4v) is 3.09. The van der Waals surface area contributed by atoms with Crippen molar-refractivity contribution < 1.29 is 14.1 Å². The number of carbonyl (C=O) groups excluding carboxylic acids is 1. The molecule has 1 aromatic heterocycles. The van der Waals surface area contributed by atoms with Crippen LogP contribution in [-0.2, 0) is 4.79 Å². The Bertz CT molecular complexity index is 1220. The van der Waals surface area contributed by atoms with Crippen molar-refractivity contribution in [3.8, 4) is 17.4 Å². The van der Waals surface area contributed by atoms with Crippen molar-refractivity contribution in [2.75, 3.05) is 5.32 Å². The molecule has 8 heteroatoms. The van der Waals surface area contributed by atoms with Crippen molar-refractivity contribution in [1.29, 1.82) is 5.26 Å². The zero-order valence-corrected chi connectivity index (χ0v) is 16.9. The predicted molar refractivity (Wildman–Crippen MR) is 114 cm³/mol. The van der Waals surface area contributed by atoms with Gasteiger partial charge in [0, 0.05) is 29.5 Å². The summed E-state index contributed by atoms with van der Waals surface area (Å²) in [5.41, 5.74) is 2.75. The van der Waals surface area contributed by atoms with Crippen LogP contribution in [0.4, 0.5) is 11.4 Å². The van der Waals surface area contributed by atoms with E-state index in [1.807, 2.05) is 32.0 Å². The number of benzene rings is 2. The molecule has 0 bridgehead atoms. The summed E-state index contributed by atoms with van der Waals surface area (Å²) >= 11 is 6.12. The normalized spacial score (nSPS) is 11.1. The molecule has 0 fully saturated rings. The highest BCUT2D eigenvalue weighted by Crippen LogP contribution is 2.32. The summed E-state index contributed by atoms with van der Waals surface area (Å²) in [5, 5.41) is 23.1. The quantitative estimate of drug-likeness (QED) is 0.247. The van der Waals surface area contributed by atoms with Gasteiger partial charge in [0.15, 0.2) is 0 Å².